The van der Waals surface area contributed by atoms with Gasteiger partial charge in [0.15, 0.2) is 0 Å². The number of carbonyl (C=O) groups is 1. The molecule has 132 valence electrons. The van der Waals surface area contributed by atoms with Gasteiger partial charge in [0.1, 0.15) is 11.5 Å². The van der Waals surface area contributed by atoms with E-state index in [0.717, 1.165) is 43.0 Å². The van der Waals surface area contributed by atoms with Crippen LogP contribution in [0.4, 0.5) is 5.82 Å². The summed E-state index contributed by atoms with van der Waals surface area (Å²) < 4.78 is 0.864. The number of nitrogens with zero attached hydrogens (tertiary/aromatic N) is 4. The number of anilines is 1. The Bertz CT molecular complexity index is 686. The van der Waals surface area contributed by atoms with Gasteiger partial charge in [0.05, 0.1) is 0 Å². The first-order chi connectivity index (χ1) is 12.1. The maximum atomic E-state index is 12.2. The van der Waals surface area contributed by atoms with Crippen LogP contribution in [0.25, 0.3) is 0 Å². The van der Waals surface area contributed by atoms with Crippen LogP contribution in [0.3, 0.4) is 0 Å². The highest BCUT2D eigenvalue weighted by atomic mass is 79.9. The normalized spacial score (nSPS) is 16.5. The molecule has 25 heavy (non-hydrogen) atoms. The zero-order valence-corrected chi connectivity index (χ0v) is 15.8. The molecule has 0 saturated carbocycles. The average molecular weight is 404 g/mol. The Balaban J connectivity index is 1.45. The Labute approximate surface area is 156 Å². The van der Waals surface area contributed by atoms with Gasteiger partial charge in [-0.05, 0) is 47.1 Å². The van der Waals surface area contributed by atoms with Crippen molar-refractivity contribution in [1.82, 2.24) is 20.2 Å². The molecule has 7 heteroatoms. The molecule has 1 aliphatic rings. The lowest BCUT2D eigenvalue weighted by Gasteiger charge is -2.36. The molecule has 2 aromatic heterocycles. The highest BCUT2D eigenvalue weighted by Gasteiger charge is 2.20. The molecule has 3 rings (SSSR count). The monoisotopic (exact) mass is 403 g/mol. The number of carbonyl (C=O) groups excluding carboxylic acids is 1. The Morgan fingerprint density at radius 1 is 1.20 bits per heavy atom. The number of hydrogen-bond acceptors (Lipinski definition) is 5. The van der Waals surface area contributed by atoms with Crippen LogP contribution in [-0.4, -0.2) is 59.5 Å². The molecule has 1 amide bonds. The number of amides is 1. The molecular weight excluding hydrogens is 382 g/mol. The van der Waals surface area contributed by atoms with Crippen molar-refractivity contribution in [3.8, 4) is 0 Å². The van der Waals surface area contributed by atoms with Crippen LogP contribution in [0.2, 0.25) is 0 Å². The summed E-state index contributed by atoms with van der Waals surface area (Å²) in [5.74, 6) is 0.900. The molecule has 1 aliphatic heterocycles. The van der Waals surface area contributed by atoms with Gasteiger partial charge in [-0.2, -0.15) is 0 Å². The predicted octanol–water partition coefficient (Wildman–Crippen LogP) is 2.18. The lowest BCUT2D eigenvalue weighted by Crippen LogP contribution is -2.51. The molecule has 0 spiro atoms. The molecule has 0 aromatic carbocycles. The average Bonchev–Trinajstić information content (AvgIpc) is 2.63. The van der Waals surface area contributed by atoms with Crippen LogP contribution < -0.4 is 10.2 Å². The number of pyridine rings is 2. The summed E-state index contributed by atoms with van der Waals surface area (Å²) in [4.78, 5) is 25.4. The highest BCUT2D eigenvalue weighted by Crippen LogP contribution is 2.12. The number of aromatic nitrogens is 2. The minimum Gasteiger partial charge on any atom is -0.354 e. The second kappa shape index (κ2) is 8.40. The van der Waals surface area contributed by atoms with Crippen molar-refractivity contribution in [2.75, 3.05) is 37.6 Å². The van der Waals surface area contributed by atoms with Crippen LogP contribution in [0.5, 0.6) is 0 Å². The second-order valence-electron chi connectivity index (χ2n) is 6.21. The van der Waals surface area contributed by atoms with Gasteiger partial charge in [-0.3, -0.25) is 9.69 Å². The maximum Gasteiger partial charge on any atom is 0.270 e. The number of nitrogens with one attached hydrogen (secondary N) is 1. The van der Waals surface area contributed by atoms with Crippen molar-refractivity contribution in [3.63, 3.8) is 0 Å². The molecule has 1 N–H and O–H groups in total. The van der Waals surface area contributed by atoms with Gasteiger partial charge in [-0.1, -0.05) is 6.07 Å². The SMILES string of the molecule is CC(CN1CCN(c2ccccn2)CC1)NC(=O)c1ccc(Br)cn1. The summed E-state index contributed by atoms with van der Waals surface area (Å²) in [6, 6.07) is 9.61. The lowest BCUT2D eigenvalue weighted by atomic mass is 10.2. The summed E-state index contributed by atoms with van der Waals surface area (Å²) in [6.07, 6.45) is 3.46. The molecule has 1 atom stereocenters. The van der Waals surface area contributed by atoms with Gasteiger partial charge in [-0.15, -0.1) is 0 Å². The van der Waals surface area contributed by atoms with Crippen molar-refractivity contribution in [1.29, 1.82) is 0 Å². The largest absolute Gasteiger partial charge is 0.354 e. The van der Waals surface area contributed by atoms with Crippen molar-refractivity contribution >= 4 is 27.7 Å². The Morgan fingerprint density at radius 2 is 2.00 bits per heavy atom. The van der Waals surface area contributed by atoms with Gasteiger partial charge < -0.3 is 10.2 Å². The minimum absolute atomic E-state index is 0.0688. The second-order valence-corrected chi connectivity index (χ2v) is 7.13. The number of rotatable bonds is 5. The summed E-state index contributed by atoms with van der Waals surface area (Å²) in [5, 5.41) is 3.02. The van der Waals surface area contributed by atoms with Gasteiger partial charge in [0.25, 0.3) is 5.91 Å². The van der Waals surface area contributed by atoms with Crippen molar-refractivity contribution in [2.45, 2.75) is 13.0 Å². The molecule has 1 unspecified atom stereocenters. The lowest BCUT2D eigenvalue weighted by molar-refractivity contribution is 0.0923. The van der Waals surface area contributed by atoms with Gasteiger partial charge in [-0.25, -0.2) is 9.97 Å². The molecule has 6 nitrogen and oxygen atoms in total. The zero-order valence-electron chi connectivity index (χ0n) is 14.2. The highest BCUT2D eigenvalue weighted by molar-refractivity contribution is 9.10. The Hall–Kier alpha value is -1.99. The molecule has 0 bridgehead atoms. The number of hydrogen-bond donors (Lipinski definition) is 1. The van der Waals surface area contributed by atoms with E-state index in [1.807, 2.05) is 37.4 Å². The zero-order chi connectivity index (χ0) is 17.6. The van der Waals surface area contributed by atoms with Gasteiger partial charge in [0.2, 0.25) is 0 Å². The maximum absolute atomic E-state index is 12.2. The minimum atomic E-state index is -0.132. The van der Waals surface area contributed by atoms with Crippen LogP contribution in [0.15, 0.2) is 47.2 Å². The van der Waals surface area contributed by atoms with E-state index in [2.05, 4.69) is 41.0 Å². The Morgan fingerprint density at radius 3 is 2.64 bits per heavy atom. The van der Waals surface area contributed by atoms with E-state index in [1.165, 1.54) is 0 Å². The van der Waals surface area contributed by atoms with Crippen molar-refractivity contribution in [2.24, 2.45) is 0 Å². The molecule has 1 saturated heterocycles. The molecular formula is C18H22BrN5O. The van der Waals surface area contributed by atoms with E-state index < -0.39 is 0 Å². The topological polar surface area (TPSA) is 61.4 Å². The van der Waals surface area contributed by atoms with Crippen LogP contribution in [0.1, 0.15) is 17.4 Å². The quantitative estimate of drug-likeness (QED) is 0.828. The number of halogens is 1. The Kier molecular flexibility index (Phi) is 5.99. The van der Waals surface area contributed by atoms with Crippen LogP contribution >= 0.6 is 15.9 Å². The summed E-state index contributed by atoms with van der Waals surface area (Å²) in [6.45, 7) is 6.69. The van der Waals surface area contributed by atoms with E-state index in [-0.39, 0.29) is 11.9 Å². The van der Waals surface area contributed by atoms with Crippen molar-refractivity contribution < 1.29 is 4.79 Å². The number of piperazine rings is 1. The molecule has 3 heterocycles. The molecule has 0 radical (unpaired) electrons. The van der Waals surface area contributed by atoms with E-state index in [1.54, 1.807) is 12.3 Å². The van der Waals surface area contributed by atoms with E-state index in [4.69, 9.17) is 0 Å². The fourth-order valence-corrected chi connectivity index (χ4v) is 3.18. The van der Waals surface area contributed by atoms with Gasteiger partial charge in [0, 0.05) is 55.6 Å². The summed E-state index contributed by atoms with van der Waals surface area (Å²) in [7, 11) is 0. The third kappa shape index (κ3) is 4.99. The van der Waals surface area contributed by atoms with Crippen LogP contribution in [-0.2, 0) is 0 Å². The van der Waals surface area contributed by atoms with Crippen LogP contribution in [0, 0.1) is 0 Å². The first kappa shape index (κ1) is 17.8. The molecule has 2 aromatic rings. The third-order valence-electron chi connectivity index (χ3n) is 4.22. The third-order valence-corrected chi connectivity index (χ3v) is 4.68. The van der Waals surface area contributed by atoms with Crippen molar-refractivity contribution in [3.05, 3.63) is 52.9 Å². The van der Waals surface area contributed by atoms with E-state index >= 15 is 0 Å². The summed E-state index contributed by atoms with van der Waals surface area (Å²) in [5.41, 5.74) is 0.440. The predicted molar refractivity (Wildman–Crippen MR) is 102 cm³/mol. The standard InChI is InChI=1S/C18H22BrN5O/c1-14(22-18(25)16-6-5-15(19)12-21-16)13-23-8-10-24(11-9-23)17-4-2-3-7-20-17/h2-7,12,14H,8-11,13H2,1H3,(H,22,25). The van der Waals surface area contributed by atoms with Gasteiger partial charge >= 0.3 is 0 Å². The molecule has 0 aliphatic carbocycles. The van der Waals surface area contributed by atoms with E-state index in [9.17, 15) is 4.79 Å². The smallest absolute Gasteiger partial charge is 0.270 e. The molecule has 1 fully saturated rings. The first-order valence-corrected chi connectivity index (χ1v) is 9.22. The van der Waals surface area contributed by atoms with E-state index in [0.29, 0.717) is 5.69 Å². The first-order valence-electron chi connectivity index (χ1n) is 8.42. The fourth-order valence-electron chi connectivity index (χ4n) is 2.94. The summed E-state index contributed by atoms with van der Waals surface area (Å²) >= 11 is 3.32. The fraction of sp³-hybridized carbons (Fsp3) is 0.389.